The van der Waals surface area contributed by atoms with Crippen molar-refractivity contribution in [2.24, 2.45) is 0 Å². The van der Waals surface area contributed by atoms with Gasteiger partial charge >= 0.3 is 11.6 Å². The summed E-state index contributed by atoms with van der Waals surface area (Å²) in [6, 6.07) is 14.3. The predicted molar refractivity (Wildman–Crippen MR) is 101 cm³/mol. The highest BCUT2D eigenvalue weighted by Crippen LogP contribution is 2.37. The number of nitrogens with zero attached hydrogens (tertiary/aromatic N) is 3. The highest BCUT2D eigenvalue weighted by molar-refractivity contribution is 5.72. The molecule has 1 aromatic heterocycles. The van der Waals surface area contributed by atoms with Gasteiger partial charge in [0.1, 0.15) is 17.8 Å². The van der Waals surface area contributed by atoms with Crippen molar-refractivity contribution in [3.63, 3.8) is 0 Å². The average Bonchev–Trinajstić information content (AvgIpc) is 2.65. The minimum Gasteiger partial charge on any atom is -0.492 e. The average molecular weight is 366 g/mol. The fraction of sp³-hybridized carbons (Fsp3) is 0.158. The zero-order valence-corrected chi connectivity index (χ0v) is 14.9. The number of benzene rings is 2. The van der Waals surface area contributed by atoms with Crippen molar-refractivity contribution < 1.29 is 14.4 Å². The predicted octanol–water partition coefficient (Wildman–Crippen LogP) is 4.63. The second-order valence-corrected chi connectivity index (χ2v) is 5.60. The molecular formula is C19H18N4O4. The summed E-state index contributed by atoms with van der Waals surface area (Å²) >= 11 is 0. The second-order valence-electron chi connectivity index (χ2n) is 5.60. The van der Waals surface area contributed by atoms with E-state index in [4.69, 9.17) is 9.47 Å². The van der Waals surface area contributed by atoms with Crippen LogP contribution >= 0.6 is 0 Å². The third-order valence-corrected chi connectivity index (χ3v) is 3.65. The van der Waals surface area contributed by atoms with Crippen LogP contribution in [0.15, 0.2) is 54.9 Å². The van der Waals surface area contributed by atoms with Crippen molar-refractivity contribution in [2.75, 3.05) is 11.9 Å². The van der Waals surface area contributed by atoms with Crippen LogP contribution in [-0.2, 0) is 0 Å². The first-order valence-electron chi connectivity index (χ1n) is 8.31. The first-order chi connectivity index (χ1) is 13.1. The van der Waals surface area contributed by atoms with Crippen LogP contribution in [0.4, 0.5) is 17.2 Å². The molecule has 0 saturated heterocycles. The Morgan fingerprint density at radius 1 is 1.11 bits per heavy atom. The number of rotatable bonds is 7. The van der Waals surface area contributed by atoms with Gasteiger partial charge in [0, 0.05) is 0 Å². The molecule has 1 N–H and O–H groups in total. The maximum Gasteiger partial charge on any atom is 0.373 e. The van der Waals surface area contributed by atoms with Gasteiger partial charge in [-0.25, -0.2) is 4.98 Å². The topological polar surface area (TPSA) is 99.4 Å². The van der Waals surface area contributed by atoms with Gasteiger partial charge in [-0.2, -0.15) is 4.98 Å². The van der Waals surface area contributed by atoms with Crippen LogP contribution in [0.1, 0.15) is 12.5 Å². The van der Waals surface area contributed by atoms with E-state index in [0.29, 0.717) is 23.8 Å². The van der Waals surface area contributed by atoms with Gasteiger partial charge in [-0.1, -0.05) is 29.8 Å². The zero-order chi connectivity index (χ0) is 19.2. The lowest BCUT2D eigenvalue weighted by atomic mass is 10.2. The lowest BCUT2D eigenvalue weighted by Gasteiger charge is -2.12. The molecule has 0 aliphatic heterocycles. The summed E-state index contributed by atoms with van der Waals surface area (Å²) < 4.78 is 11.2. The number of hydrogen-bond acceptors (Lipinski definition) is 7. The Labute approximate surface area is 156 Å². The monoisotopic (exact) mass is 366 g/mol. The van der Waals surface area contributed by atoms with Crippen LogP contribution in [0, 0.1) is 17.0 Å². The van der Waals surface area contributed by atoms with Crippen molar-refractivity contribution in [1.82, 2.24) is 9.97 Å². The van der Waals surface area contributed by atoms with Gasteiger partial charge in [0.05, 0.1) is 17.2 Å². The molecule has 3 aromatic rings. The van der Waals surface area contributed by atoms with Crippen LogP contribution in [0.3, 0.4) is 0 Å². The molecule has 2 aromatic carbocycles. The van der Waals surface area contributed by atoms with Gasteiger partial charge in [0.25, 0.3) is 0 Å². The molecule has 27 heavy (non-hydrogen) atoms. The highest BCUT2D eigenvalue weighted by Gasteiger charge is 2.25. The van der Waals surface area contributed by atoms with E-state index in [9.17, 15) is 10.1 Å². The quantitative estimate of drug-likeness (QED) is 0.481. The third-order valence-electron chi connectivity index (χ3n) is 3.65. The van der Waals surface area contributed by atoms with Crippen molar-refractivity contribution >= 4 is 17.2 Å². The van der Waals surface area contributed by atoms with Crippen LogP contribution in [0.25, 0.3) is 0 Å². The number of anilines is 2. The number of aromatic nitrogens is 2. The molecule has 0 aliphatic rings. The summed E-state index contributed by atoms with van der Waals surface area (Å²) in [6.45, 7) is 4.26. The maximum atomic E-state index is 11.7. The summed E-state index contributed by atoms with van der Waals surface area (Å²) in [4.78, 5) is 19.0. The Balaban J connectivity index is 1.97. The van der Waals surface area contributed by atoms with Crippen LogP contribution in [-0.4, -0.2) is 21.5 Å². The smallest absolute Gasteiger partial charge is 0.373 e. The number of para-hydroxylation sites is 2. The van der Waals surface area contributed by atoms with Crippen molar-refractivity contribution in [3.05, 3.63) is 70.5 Å². The van der Waals surface area contributed by atoms with E-state index in [-0.39, 0.29) is 17.4 Å². The van der Waals surface area contributed by atoms with E-state index < -0.39 is 4.92 Å². The van der Waals surface area contributed by atoms with Gasteiger partial charge in [-0.05, 0) is 38.1 Å². The van der Waals surface area contributed by atoms with E-state index >= 15 is 0 Å². The Bertz CT molecular complexity index is 945. The highest BCUT2D eigenvalue weighted by atomic mass is 16.6. The molecule has 8 heteroatoms. The van der Waals surface area contributed by atoms with Crippen LogP contribution in [0.5, 0.6) is 17.4 Å². The van der Waals surface area contributed by atoms with Gasteiger partial charge in [0.15, 0.2) is 0 Å². The fourth-order valence-corrected chi connectivity index (χ4v) is 2.39. The summed E-state index contributed by atoms with van der Waals surface area (Å²) in [5, 5.41) is 14.6. The SMILES string of the molecule is CCOc1ccccc1Nc1ncnc(Oc2ccc(C)cc2)c1[N+](=O)[O-]. The number of nitro groups is 1. The maximum absolute atomic E-state index is 11.7. The minimum absolute atomic E-state index is 0.0178. The molecule has 138 valence electrons. The first-order valence-corrected chi connectivity index (χ1v) is 8.31. The molecule has 0 amide bonds. The summed E-state index contributed by atoms with van der Waals surface area (Å²) in [7, 11) is 0. The molecule has 0 radical (unpaired) electrons. The van der Waals surface area contributed by atoms with Crippen molar-refractivity contribution in [2.45, 2.75) is 13.8 Å². The normalized spacial score (nSPS) is 10.3. The summed E-state index contributed by atoms with van der Waals surface area (Å²) in [6.07, 6.45) is 1.21. The Morgan fingerprint density at radius 2 is 1.85 bits per heavy atom. The molecule has 0 atom stereocenters. The molecule has 0 fully saturated rings. The van der Waals surface area contributed by atoms with Gasteiger partial charge < -0.3 is 14.8 Å². The van der Waals surface area contributed by atoms with Crippen molar-refractivity contribution in [1.29, 1.82) is 0 Å². The Morgan fingerprint density at radius 3 is 2.56 bits per heavy atom. The van der Waals surface area contributed by atoms with Crippen molar-refractivity contribution in [3.8, 4) is 17.4 Å². The number of aryl methyl sites for hydroxylation is 1. The van der Waals surface area contributed by atoms with Crippen LogP contribution in [0.2, 0.25) is 0 Å². The molecule has 0 bridgehead atoms. The number of ether oxygens (including phenoxy) is 2. The van der Waals surface area contributed by atoms with E-state index in [0.717, 1.165) is 5.56 Å². The summed E-state index contributed by atoms with van der Waals surface area (Å²) in [5.41, 5.74) is 1.25. The second kappa shape index (κ2) is 8.13. The third kappa shape index (κ3) is 4.30. The van der Waals surface area contributed by atoms with Gasteiger partial charge in [-0.15, -0.1) is 0 Å². The molecule has 8 nitrogen and oxygen atoms in total. The Kier molecular flexibility index (Phi) is 5.46. The molecule has 0 unspecified atom stereocenters. The zero-order valence-electron chi connectivity index (χ0n) is 14.9. The Hall–Kier alpha value is -3.68. The summed E-state index contributed by atoms with van der Waals surface area (Å²) in [5.74, 6) is 0.886. The van der Waals surface area contributed by atoms with Gasteiger partial charge in [0.2, 0.25) is 5.82 Å². The number of hydrogen-bond donors (Lipinski definition) is 1. The molecule has 0 saturated carbocycles. The lowest BCUT2D eigenvalue weighted by Crippen LogP contribution is -2.05. The van der Waals surface area contributed by atoms with E-state index in [2.05, 4.69) is 15.3 Å². The molecule has 3 rings (SSSR count). The molecule has 1 heterocycles. The van der Waals surface area contributed by atoms with E-state index in [1.165, 1.54) is 6.33 Å². The molecule has 0 aliphatic carbocycles. The fourth-order valence-electron chi connectivity index (χ4n) is 2.39. The van der Waals surface area contributed by atoms with E-state index in [1.54, 1.807) is 30.3 Å². The minimum atomic E-state index is -0.574. The lowest BCUT2D eigenvalue weighted by molar-refractivity contribution is -0.385. The van der Waals surface area contributed by atoms with Crippen LogP contribution < -0.4 is 14.8 Å². The standard InChI is InChI=1S/C19H18N4O4/c1-3-26-16-7-5-4-6-15(16)22-18-17(23(24)25)19(21-12-20-18)27-14-10-8-13(2)9-11-14/h4-12H,3H2,1-2H3,(H,20,21,22). The first kappa shape index (κ1) is 18.1. The van der Waals surface area contributed by atoms with E-state index in [1.807, 2.05) is 32.0 Å². The number of nitrogens with one attached hydrogen (secondary N) is 1. The van der Waals surface area contributed by atoms with Gasteiger partial charge in [-0.3, -0.25) is 10.1 Å². The molecule has 0 spiro atoms. The molecular weight excluding hydrogens is 348 g/mol. The largest absolute Gasteiger partial charge is 0.492 e.